The van der Waals surface area contributed by atoms with E-state index < -0.39 is 0 Å². The normalized spacial score (nSPS) is 18.2. The van der Waals surface area contributed by atoms with Crippen LogP contribution in [0.25, 0.3) is 0 Å². The topological polar surface area (TPSA) is 34.1 Å². The molecule has 0 saturated carbocycles. The molecule has 2 aromatic rings. The summed E-state index contributed by atoms with van der Waals surface area (Å²) < 4.78 is 5.32. The summed E-state index contributed by atoms with van der Waals surface area (Å²) >= 11 is 0. The van der Waals surface area contributed by atoms with E-state index in [0.717, 1.165) is 18.7 Å². The molecule has 0 radical (unpaired) electrons. The lowest BCUT2D eigenvalue weighted by molar-refractivity contribution is 0.412. The van der Waals surface area contributed by atoms with Crippen molar-refractivity contribution in [1.82, 2.24) is 10.3 Å². The summed E-state index contributed by atoms with van der Waals surface area (Å²) in [7, 11) is 1.71. The predicted octanol–water partition coefficient (Wildman–Crippen LogP) is 2.33. The summed E-state index contributed by atoms with van der Waals surface area (Å²) in [5, 5.41) is 3.56. The van der Waals surface area contributed by atoms with Crippen LogP contribution in [0.3, 0.4) is 0 Å². The molecular formula is C15H16N2O. The number of pyridine rings is 1. The predicted molar refractivity (Wildman–Crippen MR) is 70.8 cm³/mol. The van der Waals surface area contributed by atoms with Crippen LogP contribution in [-0.2, 0) is 6.42 Å². The van der Waals surface area contributed by atoms with Crippen molar-refractivity contribution in [3.8, 4) is 5.75 Å². The summed E-state index contributed by atoms with van der Waals surface area (Å²) in [5.74, 6) is 0.913. The van der Waals surface area contributed by atoms with Crippen LogP contribution in [-0.4, -0.2) is 18.6 Å². The van der Waals surface area contributed by atoms with E-state index in [0.29, 0.717) is 0 Å². The zero-order valence-corrected chi connectivity index (χ0v) is 10.4. The maximum absolute atomic E-state index is 5.32. The van der Waals surface area contributed by atoms with Gasteiger partial charge in [-0.2, -0.15) is 0 Å². The van der Waals surface area contributed by atoms with Crippen molar-refractivity contribution in [1.29, 1.82) is 0 Å². The average molecular weight is 240 g/mol. The number of benzene rings is 1. The van der Waals surface area contributed by atoms with Gasteiger partial charge in [0.2, 0.25) is 0 Å². The summed E-state index contributed by atoms with van der Waals surface area (Å²) in [6, 6.07) is 10.7. The van der Waals surface area contributed by atoms with Gasteiger partial charge in [0.1, 0.15) is 5.75 Å². The third-order valence-electron chi connectivity index (χ3n) is 3.45. The van der Waals surface area contributed by atoms with Gasteiger partial charge < -0.3 is 10.1 Å². The van der Waals surface area contributed by atoms with Crippen LogP contribution in [0.1, 0.15) is 22.7 Å². The number of rotatable bonds is 2. The van der Waals surface area contributed by atoms with Crippen LogP contribution in [0.5, 0.6) is 5.75 Å². The van der Waals surface area contributed by atoms with Gasteiger partial charge in [0, 0.05) is 18.9 Å². The monoisotopic (exact) mass is 240 g/mol. The molecular weight excluding hydrogens is 224 g/mol. The lowest BCUT2D eigenvalue weighted by Crippen LogP contribution is -2.30. The van der Waals surface area contributed by atoms with Crippen molar-refractivity contribution in [2.75, 3.05) is 13.7 Å². The average Bonchev–Trinajstić information content (AvgIpc) is 2.47. The third-order valence-corrected chi connectivity index (χ3v) is 3.45. The Hall–Kier alpha value is -1.87. The van der Waals surface area contributed by atoms with Crippen LogP contribution in [0, 0.1) is 0 Å². The number of hydrogen-bond donors (Lipinski definition) is 1. The first-order chi connectivity index (χ1) is 8.88. The minimum atomic E-state index is 0.242. The Bertz CT molecular complexity index is 539. The zero-order chi connectivity index (χ0) is 12.4. The highest BCUT2D eigenvalue weighted by atomic mass is 16.5. The van der Waals surface area contributed by atoms with Crippen LogP contribution >= 0.6 is 0 Å². The largest absolute Gasteiger partial charge is 0.497 e. The molecule has 3 heteroatoms. The Balaban J connectivity index is 2.05. The Morgan fingerprint density at radius 1 is 1.22 bits per heavy atom. The lowest BCUT2D eigenvalue weighted by Gasteiger charge is -2.27. The fourth-order valence-corrected chi connectivity index (χ4v) is 2.51. The number of aromatic nitrogens is 1. The van der Waals surface area contributed by atoms with Crippen LogP contribution < -0.4 is 10.1 Å². The van der Waals surface area contributed by atoms with Crippen LogP contribution in [0.2, 0.25) is 0 Å². The van der Waals surface area contributed by atoms with Gasteiger partial charge in [-0.05, 0) is 47.4 Å². The van der Waals surface area contributed by atoms with Crippen molar-refractivity contribution in [3.05, 3.63) is 59.4 Å². The number of fused-ring (bicyclic) bond motifs is 1. The van der Waals surface area contributed by atoms with Crippen molar-refractivity contribution < 1.29 is 4.74 Å². The fraction of sp³-hybridized carbons (Fsp3) is 0.267. The van der Waals surface area contributed by atoms with Crippen LogP contribution in [0.15, 0.2) is 42.7 Å². The highest BCUT2D eigenvalue weighted by molar-refractivity contribution is 5.43. The van der Waals surface area contributed by atoms with Gasteiger partial charge in [-0.3, -0.25) is 4.98 Å². The van der Waals surface area contributed by atoms with E-state index in [2.05, 4.69) is 34.6 Å². The van der Waals surface area contributed by atoms with Crippen molar-refractivity contribution in [3.63, 3.8) is 0 Å². The molecule has 18 heavy (non-hydrogen) atoms. The molecule has 0 spiro atoms. The number of ether oxygens (including phenoxy) is 1. The highest BCUT2D eigenvalue weighted by Gasteiger charge is 2.21. The first kappa shape index (κ1) is 11.2. The maximum Gasteiger partial charge on any atom is 0.119 e. The number of methoxy groups -OCH3 is 1. The lowest BCUT2D eigenvalue weighted by atomic mass is 9.90. The summed E-state index contributed by atoms with van der Waals surface area (Å²) in [4.78, 5) is 4.08. The van der Waals surface area contributed by atoms with Crippen molar-refractivity contribution in [2.24, 2.45) is 0 Å². The third kappa shape index (κ3) is 1.97. The quantitative estimate of drug-likeness (QED) is 0.874. The molecule has 0 aliphatic carbocycles. The Labute approximate surface area is 107 Å². The molecule has 0 bridgehead atoms. The van der Waals surface area contributed by atoms with Gasteiger partial charge in [-0.25, -0.2) is 0 Å². The minimum Gasteiger partial charge on any atom is -0.497 e. The molecule has 92 valence electrons. The van der Waals surface area contributed by atoms with Crippen LogP contribution in [0.4, 0.5) is 0 Å². The van der Waals surface area contributed by atoms with E-state index in [1.165, 1.54) is 16.7 Å². The molecule has 3 nitrogen and oxygen atoms in total. The number of nitrogens with zero attached hydrogens (tertiary/aromatic N) is 1. The Kier molecular flexibility index (Phi) is 2.99. The molecule has 0 amide bonds. The second-order valence-electron chi connectivity index (χ2n) is 4.48. The summed E-state index contributed by atoms with van der Waals surface area (Å²) in [6.45, 7) is 1.01. The van der Waals surface area contributed by atoms with E-state index >= 15 is 0 Å². The fourth-order valence-electron chi connectivity index (χ4n) is 2.51. The number of nitrogens with one attached hydrogen (secondary N) is 1. The van der Waals surface area contributed by atoms with E-state index in [9.17, 15) is 0 Å². The van der Waals surface area contributed by atoms with Crippen molar-refractivity contribution >= 4 is 0 Å². The molecule has 1 aromatic heterocycles. The van der Waals surface area contributed by atoms with E-state index in [4.69, 9.17) is 4.74 Å². The van der Waals surface area contributed by atoms with Gasteiger partial charge >= 0.3 is 0 Å². The van der Waals surface area contributed by atoms with Crippen molar-refractivity contribution in [2.45, 2.75) is 12.5 Å². The molecule has 0 fully saturated rings. The SMILES string of the molecule is COc1ccc2c(c1)C(c1ccncc1)NCC2. The first-order valence-electron chi connectivity index (χ1n) is 6.18. The molecule has 0 saturated heterocycles. The van der Waals surface area contributed by atoms with E-state index in [1.807, 2.05) is 18.5 Å². The second-order valence-corrected chi connectivity index (χ2v) is 4.48. The van der Waals surface area contributed by atoms with Gasteiger partial charge in [0.25, 0.3) is 0 Å². The molecule has 1 aliphatic heterocycles. The Morgan fingerprint density at radius 2 is 2.06 bits per heavy atom. The maximum atomic E-state index is 5.32. The molecule has 3 rings (SSSR count). The molecule has 1 atom stereocenters. The van der Waals surface area contributed by atoms with E-state index in [1.54, 1.807) is 7.11 Å². The summed E-state index contributed by atoms with van der Waals surface area (Å²) in [6.07, 6.45) is 4.75. The number of hydrogen-bond acceptors (Lipinski definition) is 3. The molecule has 1 unspecified atom stereocenters. The Morgan fingerprint density at radius 3 is 2.83 bits per heavy atom. The molecule has 1 aromatic carbocycles. The standard InChI is InChI=1S/C15H16N2O/c1-18-13-3-2-11-6-9-17-15(14(11)10-13)12-4-7-16-8-5-12/h2-5,7-8,10,15,17H,6,9H2,1H3. The van der Waals surface area contributed by atoms with Gasteiger partial charge in [-0.1, -0.05) is 6.07 Å². The first-order valence-corrected chi connectivity index (χ1v) is 6.18. The van der Waals surface area contributed by atoms with Gasteiger partial charge in [0.05, 0.1) is 13.2 Å². The molecule has 2 heterocycles. The second kappa shape index (κ2) is 4.78. The summed E-state index contributed by atoms with van der Waals surface area (Å²) in [5.41, 5.74) is 3.96. The highest BCUT2D eigenvalue weighted by Crippen LogP contribution is 2.31. The van der Waals surface area contributed by atoms with Gasteiger partial charge in [-0.15, -0.1) is 0 Å². The van der Waals surface area contributed by atoms with E-state index in [-0.39, 0.29) is 6.04 Å². The minimum absolute atomic E-state index is 0.242. The molecule has 1 aliphatic rings. The van der Waals surface area contributed by atoms with Gasteiger partial charge in [0.15, 0.2) is 0 Å². The molecule has 1 N–H and O–H groups in total. The zero-order valence-electron chi connectivity index (χ0n) is 10.4. The smallest absolute Gasteiger partial charge is 0.119 e.